The highest BCUT2D eigenvalue weighted by Crippen LogP contribution is 2.27. The van der Waals surface area contributed by atoms with Crippen molar-refractivity contribution in [2.45, 2.75) is 13.0 Å². The minimum absolute atomic E-state index is 0.123. The van der Waals surface area contributed by atoms with Crippen LogP contribution in [-0.2, 0) is 0 Å². The molecule has 0 radical (unpaired) electrons. The van der Waals surface area contributed by atoms with E-state index in [1.807, 2.05) is 43.3 Å². The largest absolute Gasteiger partial charge is 0.271 e. The van der Waals surface area contributed by atoms with Crippen molar-refractivity contribution >= 4 is 23.2 Å². The molecule has 1 atom stereocenters. The van der Waals surface area contributed by atoms with Crippen LogP contribution in [-0.4, -0.2) is 0 Å². The van der Waals surface area contributed by atoms with Gasteiger partial charge in [0.15, 0.2) is 0 Å². The minimum atomic E-state index is -0.123. The Morgan fingerprint density at radius 3 is 2.00 bits per heavy atom. The molecule has 0 aliphatic carbocycles. The zero-order chi connectivity index (χ0) is 13.1. The molecule has 0 saturated carbocycles. The van der Waals surface area contributed by atoms with Gasteiger partial charge in [0.25, 0.3) is 0 Å². The fourth-order valence-electron chi connectivity index (χ4n) is 1.89. The first-order valence-corrected chi connectivity index (χ1v) is 6.34. The van der Waals surface area contributed by atoms with Crippen LogP contribution in [0, 0.1) is 6.92 Å². The molecule has 94 valence electrons. The molecule has 0 bridgehead atoms. The van der Waals surface area contributed by atoms with Gasteiger partial charge in [0.2, 0.25) is 0 Å². The van der Waals surface area contributed by atoms with Gasteiger partial charge in [0.05, 0.1) is 6.04 Å². The number of halogens is 2. The summed E-state index contributed by atoms with van der Waals surface area (Å²) in [6.45, 7) is 2.05. The van der Waals surface area contributed by atoms with Crippen LogP contribution in [0.25, 0.3) is 0 Å². The average molecular weight is 281 g/mol. The number of nitrogens with one attached hydrogen (secondary N) is 1. The lowest BCUT2D eigenvalue weighted by molar-refractivity contribution is 0.637. The average Bonchev–Trinajstić information content (AvgIpc) is 2.31. The van der Waals surface area contributed by atoms with Crippen molar-refractivity contribution in [3.05, 3.63) is 69.2 Å². The van der Waals surface area contributed by atoms with E-state index in [0.29, 0.717) is 10.0 Å². The maximum atomic E-state index is 6.01. The third kappa shape index (κ3) is 3.03. The highest BCUT2D eigenvalue weighted by Gasteiger charge is 2.13. The molecule has 0 heterocycles. The van der Waals surface area contributed by atoms with Crippen LogP contribution in [0.5, 0.6) is 0 Å². The number of hydrazine groups is 1. The monoisotopic (exact) mass is 280 g/mol. The quantitative estimate of drug-likeness (QED) is 0.662. The summed E-state index contributed by atoms with van der Waals surface area (Å²) in [4.78, 5) is 0. The van der Waals surface area contributed by atoms with E-state index >= 15 is 0 Å². The summed E-state index contributed by atoms with van der Waals surface area (Å²) in [5.74, 6) is 5.64. The SMILES string of the molecule is Cc1ccc(C(NN)c2cc(Cl)cc(Cl)c2)cc1. The van der Waals surface area contributed by atoms with Gasteiger partial charge in [-0.2, -0.15) is 0 Å². The third-order valence-electron chi connectivity index (χ3n) is 2.80. The van der Waals surface area contributed by atoms with Gasteiger partial charge in [-0.3, -0.25) is 5.84 Å². The van der Waals surface area contributed by atoms with Crippen molar-refractivity contribution in [1.82, 2.24) is 5.43 Å². The fraction of sp³-hybridized carbons (Fsp3) is 0.143. The normalized spacial score (nSPS) is 12.4. The van der Waals surface area contributed by atoms with Crippen LogP contribution in [0.1, 0.15) is 22.7 Å². The van der Waals surface area contributed by atoms with Gasteiger partial charge in [0, 0.05) is 10.0 Å². The van der Waals surface area contributed by atoms with Crippen LogP contribution in [0.3, 0.4) is 0 Å². The summed E-state index contributed by atoms with van der Waals surface area (Å²) >= 11 is 12.0. The molecule has 2 aromatic rings. The van der Waals surface area contributed by atoms with E-state index in [0.717, 1.165) is 11.1 Å². The molecular weight excluding hydrogens is 267 g/mol. The number of rotatable bonds is 3. The van der Waals surface area contributed by atoms with Gasteiger partial charge in [-0.15, -0.1) is 0 Å². The molecule has 18 heavy (non-hydrogen) atoms. The van der Waals surface area contributed by atoms with Crippen molar-refractivity contribution in [1.29, 1.82) is 0 Å². The van der Waals surface area contributed by atoms with Crippen LogP contribution >= 0.6 is 23.2 Å². The second-order valence-corrected chi connectivity index (χ2v) is 5.09. The second-order valence-electron chi connectivity index (χ2n) is 4.21. The molecule has 0 aliphatic heterocycles. The molecule has 3 N–H and O–H groups in total. The number of aryl methyl sites for hydroxylation is 1. The van der Waals surface area contributed by atoms with E-state index in [4.69, 9.17) is 29.0 Å². The van der Waals surface area contributed by atoms with Gasteiger partial charge in [-0.25, -0.2) is 5.43 Å². The van der Waals surface area contributed by atoms with E-state index in [9.17, 15) is 0 Å². The summed E-state index contributed by atoms with van der Waals surface area (Å²) in [7, 11) is 0. The lowest BCUT2D eigenvalue weighted by Crippen LogP contribution is -2.28. The Morgan fingerprint density at radius 1 is 0.944 bits per heavy atom. The van der Waals surface area contributed by atoms with Crippen molar-refractivity contribution in [2.75, 3.05) is 0 Å². The smallest absolute Gasteiger partial charge is 0.0711 e. The first-order valence-electron chi connectivity index (χ1n) is 5.59. The predicted molar refractivity (Wildman–Crippen MR) is 76.8 cm³/mol. The maximum Gasteiger partial charge on any atom is 0.0711 e. The molecule has 4 heteroatoms. The Labute approximate surface area is 117 Å². The fourth-order valence-corrected chi connectivity index (χ4v) is 2.43. The maximum absolute atomic E-state index is 6.01. The molecule has 0 spiro atoms. The van der Waals surface area contributed by atoms with Crippen LogP contribution in [0.15, 0.2) is 42.5 Å². The standard InChI is InChI=1S/C14H14Cl2N2/c1-9-2-4-10(5-3-9)14(18-17)11-6-12(15)8-13(16)7-11/h2-8,14,18H,17H2,1H3. The number of benzene rings is 2. The molecule has 2 aromatic carbocycles. The Kier molecular flexibility index (Phi) is 4.25. The molecule has 0 saturated heterocycles. The lowest BCUT2D eigenvalue weighted by Gasteiger charge is -2.17. The van der Waals surface area contributed by atoms with Gasteiger partial charge in [-0.1, -0.05) is 53.0 Å². The molecule has 0 aromatic heterocycles. The molecule has 1 unspecified atom stereocenters. The van der Waals surface area contributed by atoms with Crippen molar-refractivity contribution < 1.29 is 0 Å². The van der Waals surface area contributed by atoms with E-state index in [1.165, 1.54) is 5.56 Å². The number of hydrogen-bond acceptors (Lipinski definition) is 2. The molecule has 0 aliphatic rings. The molecule has 2 rings (SSSR count). The zero-order valence-corrected chi connectivity index (χ0v) is 11.5. The third-order valence-corrected chi connectivity index (χ3v) is 3.23. The number of hydrogen-bond donors (Lipinski definition) is 2. The van der Waals surface area contributed by atoms with Gasteiger partial charge in [-0.05, 0) is 36.2 Å². The summed E-state index contributed by atoms with van der Waals surface area (Å²) in [6.07, 6.45) is 0. The second kappa shape index (κ2) is 5.72. The summed E-state index contributed by atoms with van der Waals surface area (Å²) in [5, 5.41) is 1.20. The number of nitrogens with two attached hydrogens (primary N) is 1. The predicted octanol–water partition coefficient (Wildman–Crippen LogP) is 3.85. The van der Waals surface area contributed by atoms with Crippen molar-refractivity contribution in [2.24, 2.45) is 5.84 Å². The molecule has 0 amide bonds. The molecule has 2 nitrogen and oxygen atoms in total. The highest BCUT2D eigenvalue weighted by molar-refractivity contribution is 6.34. The summed E-state index contributed by atoms with van der Waals surface area (Å²) < 4.78 is 0. The topological polar surface area (TPSA) is 38.0 Å². The lowest BCUT2D eigenvalue weighted by atomic mass is 9.98. The summed E-state index contributed by atoms with van der Waals surface area (Å²) in [5.41, 5.74) is 6.01. The van der Waals surface area contributed by atoms with E-state index in [-0.39, 0.29) is 6.04 Å². The van der Waals surface area contributed by atoms with E-state index in [1.54, 1.807) is 6.07 Å². The van der Waals surface area contributed by atoms with Crippen LogP contribution in [0.4, 0.5) is 0 Å². The molecule has 0 fully saturated rings. The van der Waals surface area contributed by atoms with Crippen molar-refractivity contribution in [3.8, 4) is 0 Å². The van der Waals surface area contributed by atoms with E-state index in [2.05, 4.69) is 5.43 Å². The Bertz CT molecular complexity index is 518. The first kappa shape index (κ1) is 13.4. The van der Waals surface area contributed by atoms with Crippen LogP contribution in [0.2, 0.25) is 10.0 Å². The Balaban J connectivity index is 2.41. The summed E-state index contributed by atoms with van der Waals surface area (Å²) in [6, 6.07) is 13.5. The minimum Gasteiger partial charge on any atom is -0.271 e. The van der Waals surface area contributed by atoms with Gasteiger partial charge in [0.1, 0.15) is 0 Å². The van der Waals surface area contributed by atoms with Gasteiger partial charge < -0.3 is 0 Å². The van der Waals surface area contributed by atoms with E-state index < -0.39 is 0 Å². The first-order chi connectivity index (χ1) is 8.60. The van der Waals surface area contributed by atoms with Crippen molar-refractivity contribution in [3.63, 3.8) is 0 Å². The Morgan fingerprint density at radius 2 is 1.50 bits per heavy atom. The van der Waals surface area contributed by atoms with Crippen LogP contribution < -0.4 is 11.3 Å². The zero-order valence-electron chi connectivity index (χ0n) is 9.95. The molecular formula is C14H14Cl2N2. The Hall–Kier alpha value is -1.06. The highest BCUT2D eigenvalue weighted by atomic mass is 35.5. The van der Waals surface area contributed by atoms with Gasteiger partial charge >= 0.3 is 0 Å².